The lowest BCUT2D eigenvalue weighted by atomic mass is 10.2. The number of nitro benzene ring substituents is 1. The van der Waals surface area contributed by atoms with Gasteiger partial charge in [-0.25, -0.2) is 4.39 Å². The normalized spacial score (nSPS) is 10.3. The van der Waals surface area contributed by atoms with Gasteiger partial charge in [-0.3, -0.25) is 14.9 Å². The van der Waals surface area contributed by atoms with Crippen molar-refractivity contribution < 1.29 is 18.8 Å². The third kappa shape index (κ3) is 4.52. The molecule has 126 valence electrons. The number of hydrogen-bond donors (Lipinski definition) is 0. The van der Waals surface area contributed by atoms with Crippen molar-refractivity contribution in [1.29, 1.82) is 0 Å². The fourth-order valence-corrected chi connectivity index (χ4v) is 2.13. The first-order valence-electron chi connectivity index (χ1n) is 7.23. The summed E-state index contributed by atoms with van der Waals surface area (Å²) < 4.78 is 18.2. The number of carbonyl (C=O) groups excluding carboxylic acids is 1. The predicted molar refractivity (Wildman–Crippen MR) is 86.2 cm³/mol. The van der Waals surface area contributed by atoms with E-state index in [-0.39, 0.29) is 24.0 Å². The zero-order valence-corrected chi connectivity index (χ0v) is 13.4. The fraction of sp³-hybridized carbons (Fsp3) is 0.235. The topological polar surface area (TPSA) is 72.7 Å². The first-order valence-corrected chi connectivity index (χ1v) is 7.23. The Morgan fingerprint density at radius 1 is 1.25 bits per heavy atom. The minimum absolute atomic E-state index is 0.00195. The summed E-state index contributed by atoms with van der Waals surface area (Å²) in [6, 6.07) is 10.2. The number of nitrogens with zero attached hydrogens (tertiary/aromatic N) is 2. The molecule has 0 aliphatic rings. The van der Waals surface area contributed by atoms with Gasteiger partial charge in [-0.2, -0.15) is 0 Å². The maximum atomic E-state index is 12.9. The number of ether oxygens (including phenoxy) is 1. The van der Waals surface area contributed by atoms with Crippen LogP contribution in [-0.2, 0) is 11.3 Å². The zero-order chi connectivity index (χ0) is 17.7. The van der Waals surface area contributed by atoms with E-state index in [1.54, 1.807) is 26.1 Å². The van der Waals surface area contributed by atoms with Crippen LogP contribution in [-0.4, -0.2) is 29.4 Å². The molecule has 0 saturated heterocycles. The molecule has 0 aromatic heterocycles. The molecule has 0 bridgehead atoms. The highest BCUT2D eigenvalue weighted by Crippen LogP contribution is 2.23. The van der Waals surface area contributed by atoms with Crippen LogP contribution in [0.1, 0.15) is 11.1 Å². The van der Waals surface area contributed by atoms with Gasteiger partial charge < -0.3 is 9.64 Å². The molecule has 6 nitrogen and oxygen atoms in total. The zero-order valence-electron chi connectivity index (χ0n) is 13.4. The number of benzene rings is 2. The van der Waals surface area contributed by atoms with E-state index in [1.165, 1.54) is 35.2 Å². The van der Waals surface area contributed by atoms with Gasteiger partial charge >= 0.3 is 0 Å². The first-order chi connectivity index (χ1) is 11.4. The Morgan fingerprint density at radius 2 is 1.92 bits per heavy atom. The maximum absolute atomic E-state index is 12.9. The molecule has 0 spiro atoms. The molecule has 0 radical (unpaired) electrons. The van der Waals surface area contributed by atoms with Gasteiger partial charge in [0.15, 0.2) is 6.61 Å². The van der Waals surface area contributed by atoms with Crippen LogP contribution in [0.2, 0.25) is 0 Å². The Kier molecular flexibility index (Phi) is 5.47. The van der Waals surface area contributed by atoms with E-state index < -0.39 is 4.92 Å². The molecular formula is C17H17FN2O4. The van der Waals surface area contributed by atoms with Crippen molar-refractivity contribution in [3.63, 3.8) is 0 Å². The summed E-state index contributed by atoms with van der Waals surface area (Å²) in [4.78, 5) is 23.8. The van der Waals surface area contributed by atoms with Crippen molar-refractivity contribution in [1.82, 2.24) is 4.90 Å². The Bertz CT molecular complexity index is 747. The van der Waals surface area contributed by atoms with E-state index in [0.29, 0.717) is 17.9 Å². The standard InChI is InChI=1S/C17H17FN2O4/c1-12-9-15(7-8-16(12)20(22)23)24-11-17(21)19(2)10-13-3-5-14(18)6-4-13/h3-9H,10-11H2,1-2H3. The van der Waals surface area contributed by atoms with Crippen molar-refractivity contribution in [3.8, 4) is 5.75 Å². The van der Waals surface area contributed by atoms with E-state index in [4.69, 9.17) is 4.74 Å². The second-order valence-electron chi connectivity index (χ2n) is 5.37. The van der Waals surface area contributed by atoms with Crippen LogP contribution < -0.4 is 4.74 Å². The Balaban J connectivity index is 1.91. The van der Waals surface area contributed by atoms with Crippen LogP contribution in [0, 0.1) is 22.9 Å². The third-order valence-electron chi connectivity index (χ3n) is 3.49. The lowest BCUT2D eigenvalue weighted by Gasteiger charge is -2.17. The van der Waals surface area contributed by atoms with Gasteiger partial charge in [-0.1, -0.05) is 12.1 Å². The number of aryl methyl sites for hydroxylation is 1. The van der Waals surface area contributed by atoms with E-state index in [9.17, 15) is 19.3 Å². The van der Waals surface area contributed by atoms with Gasteiger partial charge in [-0.15, -0.1) is 0 Å². The molecule has 2 aromatic carbocycles. The molecule has 24 heavy (non-hydrogen) atoms. The summed E-state index contributed by atoms with van der Waals surface area (Å²) in [7, 11) is 1.62. The third-order valence-corrected chi connectivity index (χ3v) is 3.49. The highest BCUT2D eigenvalue weighted by Gasteiger charge is 2.13. The molecule has 0 aliphatic heterocycles. The van der Waals surface area contributed by atoms with Crippen molar-refractivity contribution in [3.05, 3.63) is 69.5 Å². The van der Waals surface area contributed by atoms with Crippen LogP contribution >= 0.6 is 0 Å². The van der Waals surface area contributed by atoms with Gasteiger partial charge in [0.2, 0.25) is 0 Å². The highest BCUT2D eigenvalue weighted by molar-refractivity contribution is 5.77. The lowest BCUT2D eigenvalue weighted by Crippen LogP contribution is -2.30. The van der Waals surface area contributed by atoms with Gasteiger partial charge in [0.25, 0.3) is 11.6 Å². The van der Waals surface area contributed by atoms with Crippen LogP contribution in [0.5, 0.6) is 5.75 Å². The summed E-state index contributed by atoms with van der Waals surface area (Å²) in [6.07, 6.45) is 0. The van der Waals surface area contributed by atoms with Gasteiger partial charge in [0.1, 0.15) is 11.6 Å². The largest absolute Gasteiger partial charge is 0.484 e. The van der Waals surface area contributed by atoms with E-state index in [1.807, 2.05) is 0 Å². The van der Waals surface area contributed by atoms with Crippen LogP contribution in [0.4, 0.5) is 10.1 Å². The van der Waals surface area contributed by atoms with Crippen LogP contribution in [0.25, 0.3) is 0 Å². The molecule has 0 N–H and O–H groups in total. The first kappa shape index (κ1) is 17.4. The summed E-state index contributed by atoms with van der Waals surface area (Å²) in [5.74, 6) is -0.193. The number of nitro groups is 1. The van der Waals surface area contributed by atoms with Gasteiger partial charge in [0.05, 0.1) is 4.92 Å². The second kappa shape index (κ2) is 7.54. The van der Waals surface area contributed by atoms with Crippen LogP contribution in [0.15, 0.2) is 42.5 Å². The summed E-state index contributed by atoms with van der Waals surface area (Å²) in [5.41, 5.74) is 1.27. The number of hydrogen-bond acceptors (Lipinski definition) is 4. The quantitative estimate of drug-likeness (QED) is 0.602. The van der Waals surface area contributed by atoms with Gasteiger partial charge in [0, 0.05) is 25.2 Å². The second-order valence-corrected chi connectivity index (χ2v) is 5.37. The molecule has 0 aliphatic carbocycles. The van der Waals surface area contributed by atoms with Crippen LogP contribution in [0.3, 0.4) is 0 Å². The average Bonchev–Trinajstić information content (AvgIpc) is 2.54. The summed E-state index contributed by atoms with van der Waals surface area (Å²) >= 11 is 0. The molecule has 2 rings (SSSR count). The van der Waals surface area contributed by atoms with E-state index in [2.05, 4.69) is 0 Å². The SMILES string of the molecule is Cc1cc(OCC(=O)N(C)Cc2ccc(F)cc2)ccc1[N+](=O)[O-]. The van der Waals surface area contributed by atoms with Gasteiger partial charge in [-0.05, 0) is 36.8 Å². The highest BCUT2D eigenvalue weighted by atomic mass is 19.1. The molecule has 1 amide bonds. The fourth-order valence-electron chi connectivity index (χ4n) is 2.13. The molecule has 0 saturated carbocycles. The number of halogens is 1. The Hall–Kier alpha value is -2.96. The van der Waals surface area contributed by atoms with E-state index in [0.717, 1.165) is 5.56 Å². The molecule has 0 unspecified atom stereocenters. The molecule has 0 heterocycles. The maximum Gasteiger partial charge on any atom is 0.272 e. The van der Waals surface area contributed by atoms with Crippen molar-refractivity contribution in [2.75, 3.05) is 13.7 Å². The number of likely N-dealkylation sites (N-methyl/N-ethyl adjacent to an activating group) is 1. The Morgan fingerprint density at radius 3 is 2.50 bits per heavy atom. The molecular weight excluding hydrogens is 315 g/mol. The minimum Gasteiger partial charge on any atom is -0.484 e. The van der Waals surface area contributed by atoms with Crippen molar-refractivity contribution >= 4 is 11.6 Å². The summed E-state index contributed by atoms with van der Waals surface area (Å²) in [5, 5.41) is 10.8. The smallest absolute Gasteiger partial charge is 0.272 e. The number of amides is 1. The predicted octanol–water partition coefficient (Wildman–Crippen LogP) is 3.08. The number of rotatable bonds is 6. The number of carbonyl (C=O) groups is 1. The van der Waals surface area contributed by atoms with Crippen molar-refractivity contribution in [2.24, 2.45) is 0 Å². The minimum atomic E-state index is -0.471. The Labute approximate surface area is 138 Å². The van der Waals surface area contributed by atoms with Crippen molar-refractivity contribution in [2.45, 2.75) is 13.5 Å². The molecule has 2 aromatic rings. The summed E-state index contributed by atoms with van der Waals surface area (Å²) in [6.45, 7) is 1.75. The monoisotopic (exact) mass is 332 g/mol. The molecule has 7 heteroatoms. The lowest BCUT2D eigenvalue weighted by molar-refractivity contribution is -0.385. The van der Waals surface area contributed by atoms with E-state index >= 15 is 0 Å². The average molecular weight is 332 g/mol. The molecule has 0 atom stereocenters. The molecule has 0 fully saturated rings.